The predicted octanol–water partition coefficient (Wildman–Crippen LogP) is 2.66. The van der Waals surface area contributed by atoms with E-state index in [0.717, 1.165) is 23.8 Å². The number of aromatic hydroxyl groups is 1. The lowest BCUT2D eigenvalue weighted by atomic mass is 10.1. The molecule has 0 saturated carbocycles. The molecular weight excluding hydrogens is 330 g/mol. The van der Waals surface area contributed by atoms with Crippen molar-refractivity contribution in [3.05, 3.63) is 53.6 Å². The summed E-state index contributed by atoms with van der Waals surface area (Å²) in [7, 11) is 6.99. The minimum atomic E-state index is 0.243. The third kappa shape index (κ3) is 5.31. The smallest absolute Gasteiger partial charge is 0.193 e. The van der Waals surface area contributed by atoms with Gasteiger partial charge in [-0.15, -0.1) is 0 Å². The summed E-state index contributed by atoms with van der Waals surface area (Å²) < 4.78 is 10.3. The maximum Gasteiger partial charge on any atom is 0.193 e. The summed E-state index contributed by atoms with van der Waals surface area (Å²) in [5, 5.41) is 13.4. The number of guanidine groups is 1. The molecule has 6 nitrogen and oxygen atoms in total. The van der Waals surface area contributed by atoms with Gasteiger partial charge in [-0.1, -0.05) is 18.2 Å². The SMILES string of the molecule is CN=C(NCCc1ccc(OC)cc1O)N(C)Cc1ccc(OC)cc1. The average molecular weight is 357 g/mol. The highest BCUT2D eigenvalue weighted by molar-refractivity contribution is 5.79. The molecule has 0 amide bonds. The van der Waals surface area contributed by atoms with Gasteiger partial charge in [-0.3, -0.25) is 4.99 Å². The van der Waals surface area contributed by atoms with Crippen molar-refractivity contribution < 1.29 is 14.6 Å². The zero-order valence-electron chi connectivity index (χ0n) is 15.8. The molecule has 0 bridgehead atoms. The number of phenolic OH excluding ortho intramolecular Hbond substituents is 1. The summed E-state index contributed by atoms with van der Waals surface area (Å²) in [4.78, 5) is 6.37. The Kier molecular flexibility index (Phi) is 7.14. The van der Waals surface area contributed by atoms with Crippen LogP contribution in [0.2, 0.25) is 0 Å². The Morgan fingerprint density at radius 2 is 1.73 bits per heavy atom. The molecule has 0 spiro atoms. The third-order valence-electron chi connectivity index (χ3n) is 4.12. The van der Waals surface area contributed by atoms with Gasteiger partial charge in [-0.25, -0.2) is 0 Å². The van der Waals surface area contributed by atoms with Crippen LogP contribution in [0.5, 0.6) is 17.2 Å². The minimum Gasteiger partial charge on any atom is -0.508 e. The second-order valence-corrected chi connectivity index (χ2v) is 5.92. The second kappa shape index (κ2) is 9.56. The Bertz CT molecular complexity index is 730. The molecule has 6 heteroatoms. The standard InChI is InChI=1S/C20H27N3O3/c1-21-20(23(2)14-15-5-8-17(25-3)9-6-15)22-12-11-16-7-10-18(26-4)13-19(16)24/h5-10,13,24H,11-12,14H2,1-4H3,(H,21,22). The number of hydrogen-bond acceptors (Lipinski definition) is 4. The van der Waals surface area contributed by atoms with E-state index < -0.39 is 0 Å². The highest BCUT2D eigenvalue weighted by Gasteiger charge is 2.08. The number of rotatable bonds is 7. The van der Waals surface area contributed by atoms with Gasteiger partial charge in [0.2, 0.25) is 0 Å². The number of phenols is 1. The fourth-order valence-corrected chi connectivity index (χ4v) is 2.66. The lowest BCUT2D eigenvalue weighted by molar-refractivity contribution is 0.406. The lowest BCUT2D eigenvalue weighted by Crippen LogP contribution is -2.39. The van der Waals surface area contributed by atoms with Gasteiger partial charge in [-0.2, -0.15) is 0 Å². The Morgan fingerprint density at radius 3 is 2.31 bits per heavy atom. The number of nitrogens with zero attached hydrogens (tertiary/aromatic N) is 2. The summed E-state index contributed by atoms with van der Waals surface area (Å²) in [6.45, 7) is 1.40. The quantitative estimate of drug-likeness (QED) is 0.589. The van der Waals surface area contributed by atoms with Crippen molar-refractivity contribution in [1.29, 1.82) is 0 Å². The number of nitrogens with one attached hydrogen (secondary N) is 1. The van der Waals surface area contributed by atoms with Crippen LogP contribution in [0.1, 0.15) is 11.1 Å². The van der Waals surface area contributed by atoms with Crippen LogP contribution >= 0.6 is 0 Å². The van der Waals surface area contributed by atoms with E-state index in [9.17, 15) is 5.11 Å². The molecule has 0 fully saturated rings. The highest BCUT2D eigenvalue weighted by Crippen LogP contribution is 2.23. The van der Waals surface area contributed by atoms with E-state index in [2.05, 4.69) is 15.2 Å². The first-order valence-electron chi connectivity index (χ1n) is 8.48. The van der Waals surface area contributed by atoms with E-state index in [0.29, 0.717) is 18.7 Å². The fraction of sp³-hybridized carbons (Fsp3) is 0.350. The van der Waals surface area contributed by atoms with Crippen molar-refractivity contribution in [3.8, 4) is 17.2 Å². The Balaban J connectivity index is 1.88. The van der Waals surface area contributed by atoms with Crippen LogP contribution in [-0.4, -0.2) is 50.8 Å². The van der Waals surface area contributed by atoms with Crippen LogP contribution in [0.15, 0.2) is 47.5 Å². The number of aliphatic imine (C=N–C) groups is 1. The fourth-order valence-electron chi connectivity index (χ4n) is 2.66. The molecule has 2 aromatic carbocycles. The van der Waals surface area contributed by atoms with Crippen molar-refractivity contribution in [2.75, 3.05) is 34.9 Å². The second-order valence-electron chi connectivity index (χ2n) is 5.92. The first-order valence-corrected chi connectivity index (χ1v) is 8.48. The zero-order valence-corrected chi connectivity index (χ0v) is 15.8. The van der Waals surface area contributed by atoms with Crippen molar-refractivity contribution in [2.45, 2.75) is 13.0 Å². The van der Waals surface area contributed by atoms with Crippen molar-refractivity contribution in [3.63, 3.8) is 0 Å². The monoisotopic (exact) mass is 357 g/mol. The number of hydrogen-bond donors (Lipinski definition) is 2. The summed E-state index contributed by atoms with van der Waals surface area (Å²) >= 11 is 0. The molecule has 26 heavy (non-hydrogen) atoms. The van der Waals surface area contributed by atoms with Gasteiger partial charge in [0.15, 0.2) is 5.96 Å². The number of ether oxygens (including phenoxy) is 2. The Labute approximate surface area is 155 Å². The maximum atomic E-state index is 10.0. The summed E-state index contributed by atoms with van der Waals surface area (Å²) in [6, 6.07) is 13.3. The molecule has 0 heterocycles. The van der Waals surface area contributed by atoms with Crippen LogP contribution in [0.25, 0.3) is 0 Å². The molecule has 2 aromatic rings. The van der Waals surface area contributed by atoms with Gasteiger partial charge in [0.25, 0.3) is 0 Å². The van der Waals surface area contributed by atoms with Gasteiger partial charge in [0.05, 0.1) is 14.2 Å². The summed E-state index contributed by atoms with van der Waals surface area (Å²) in [5.74, 6) is 2.54. The zero-order chi connectivity index (χ0) is 18.9. The number of benzene rings is 2. The molecule has 0 aromatic heterocycles. The van der Waals surface area contributed by atoms with Gasteiger partial charge >= 0.3 is 0 Å². The molecule has 0 aliphatic carbocycles. The van der Waals surface area contributed by atoms with Crippen molar-refractivity contribution in [1.82, 2.24) is 10.2 Å². The topological polar surface area (TPSA) is 66.3 Å². The van der Waals surface area contributed by atoms with Crippen LogP contribution in [0.3, 0.4) is 0 Å². The van der Waals surface area contributed by atoms with E-state index in [-0.39, 0.29) is 5.75 Å². The van der Waals surface area contributed by atoms with Gasteiger partial charge in [0, 0.05) is 33.3 Å². The lowest BCUT2D eigenvalue weighted by Gasteiger charge is -2.22. The molecule has 0 unspecified atom stereocenters. The van der Waals surface area contributed by atoms with E-state index >= 15 is 0 Å². The highest BCUT2D eigenvalue weighted by atomic mass is 16.5. The third-order valence-corrected chi connectivity index (χ3v) is 4.12. The molecule has 0 aliphatic rings. The van der Waals surface area contributed by atoms with E-state index in [1.165, 1.54) is 5.56 Å². The Hall–Kier alpha value is -2.89. The van der Waals surface area contributed by atoms with E-state index in [1.807, 2.05) is 43.4 Å². The molecule has 0 radical (unpaired) electrons. The molecule has 2 rings (SSSR count). The molecule has 2 N–H and O–H groups in total. The molecule has 0 aliphatic heterocycles. The maximum absolute atomic E-state index is 10.0. The summed E-state index contributed by atoms with van der Waals surface area (Å²) in [5.41, 5.74) is 2.04. The van der Waals surface area contributed by atoms with Crippen LogP contribution < -0.4 is 14.8 Å². The van der Waals surface area contributed by atoms with Gasteiger partial charge in [-0.05, 0) is 35.7 Å². The molecule has 0 saturated heterocycles. The van der Waals surface area contributed by atoms with Gasteiger partial charge < -0.3 is 24.8 Å². The van der Waals surface area contributed by atoms with E-state index in [4.69, 9.17) is 9.47 Å². The van der Waals surface area contributed by atoms with Crippen LogP contribution in [0.4, 0.5) is 0 Å². The first-order chi connectivity index (χ1) is 12.6. The summed E-state index contributed by atoms with van der Waals surface area (Å²) in [6.07, 6.45) is 0.686. The molecule has 0 atom stereocenters. The largest absolute Gasteiger partial charge is 0.508 e. The van der Waals surface area contributed by atoms with Gasteiger partial charge in [0.1, 0.15) is 17.2 Å². The minimum absolute atomic E-state index is 0.243. The Morgan fingerprint density at radius 1 is 1.08 bits per heavy atom. The van der Waals surface area contributed by atoms with Crippen LogP contribution in [-0.2, 0) is 13.0 Å². The molecular formula is C20H27N3O3. The molecule has 140 valence electrons. The average Bonchev–Trinajstić information content (AvgIpc) is 2.66. The van der Waals surface area contributed by atoms with Crippen LogP contribution in [0, 0.1) is 0 Å². The predicted molar refractivity (Wildman–Crippen MR) is 104 cm³/mol. The van der Waals surface area contributed by atoms with E-state index in [1.54, 1.807) is 27.3 Å². The van der Waals surface area contributed by atoms with Crippen molar-refractivity contribution in [2.24, 2.45) is 4.99 Å². The first kappa shape index (κ1) is 19.4. The number of methoxy groups -OCH3 is 2. The van der Waals surface area contributed by atoms with Crippen molar-refractivity contribution >= 4 is 5.96 Å². The normalized spacial score (nSPS) is 11.2.